The number of aromatic hydroxyl groups is 1. The maximum Gasteiger partial charge on any atom is 0.339 e. The second kappa shape index (κ2) is 7.92. The number of nitrogens with zero attached hydrogens (tertiary/aromatic N) is 4. The van der Waals surface area contributed by atoms with Crippen LogP contribution in [0, 0.1) is 0 Å². The number of fused-ring (bicyclic) bond motifs is 1. The summed E-state index contributed by atoms with van der Waals surface area (Å²) in [4.78, 5) is 27.1. The van der Waals surface area contributed by atoms with E-state index in [0.29, 0.717) is 22.5 Å². The van der Waals surface area contributed by atoms with E-state index >= 15 is 0 Å². The Bertz CT molecular complexity index is 947. The first-order valence-electron chi connectivity index (χ1n) is 7.79. The number of aromatic nitrogens is 4. The molecule has 26 heavy (non-hydrogen) atoms. The summed E-state index contributed by atoms with van der Waals surface area (Å²) in [6, 6.07) is 4.16. The van der Waals surface area contributed by atoms with Gasteiger partial charge < -0.3 is 27.0 Å². The molecule has 7 N–H and O–H groups in total. The number of hydrogen-bond acceptors (Lipinski definition) is 9. The summed E-state index contributed by atoms with van der Waals surface area (Å²) in [7, 11) is 0. The summed E-state index contributed by atoms with van der Waals surface area (Å²) in [5.74, 6) is -1.37. The minimum Gasteiger partial charge on any atom is -0.507 e. The van der Waals surface area contributed by atoms with Gasteiger partial charge in [-0.05, 0) is 12.1 Å². The van der Waals surface area contributed by atoms with Crippen molar-refractivity contribution in [3.8, 4) is 5.75 Å². The molecule has 0 saturated carbocycles. The molecular weight excluding hydrogens is 338 g/mol. The predicted octanol–water partition coefficient (Wildman–Crippen LogP) is 1.63. The molecule has 10 nitrogen and oxygen atoms in total. The fourth-order valence-electron chi connectivity index (χ4n) is 2.08. The molecule has 3 rings (SSSR count). The highest BCUT2D eigenvalue weighted by molar-refractivity contribution is 5.91. The third kappa shape index (κ3) is 4.04. The molecular formula is C16H19N7O3. The summed E-state index contributed by atoms with van der Waals surface area (Å²) in [6.07, 6.45) is 1.51. The van der Waals surface area contributed by atoms with Crippen LogP contribution in [0.4, 0.5) is 17.5 Å². The molecule has 0 aliphatic carbocycles. The van der Waals surface area contributed by atoms with Crippen LogP contribution in [0.15, 0.2) is 24.4 Å². The van der Waals surface area contributed by atoms with Gasteiger partial charge in [0.05, 0.1) is 18.4 Å². The fourth-order valence-corrected chi connectivity index (χ4v) is 2.08. The number of nitrogen functional groups attached to an aromatic ring is 2. The number of phenols is 1. The monoisotopic (exact) mass is 357 g/mol. The van der Waals surface area contributed by atoms with Gasteiger partial charge in [0.1, 0.15) is 11.3 Å². The molecule has 0 bridgehead atoms. The van der Waals surface area contributed by atoms with E-state index < -0.39 is 5.97 Å². The van der Waals surface area contributed by atoms with Gasteiger partial charge in [-0.2, -0.15) is 9.97 Å². The lowest BCUT2D eigenvalue weighted by Crippen LogP contribution is -2.07. The minimum absolute atomic E-state index is 0.0224. The van der Waals surface area contributed by atoms with Gasteiger partial charge in [-0.3, -0.25) is 0 Å². The molecule has 0 fully saturated rings. The highest BCUT2D eigenvalue weighted by Crippen LogP contribution is 2.22. The number of rotatable bonds is 4. The molecule has 1 aromatic carbocycles. The van der Waals surface area contributed by atoms with E-state index in [1.165, 1.54) is 24.4 Å². The van der Waals surface area contributed by atoms with Crippen LogP contribution < -0.4 is 16.8 Å². The van der Waals surface area contributed by atoms with Gasteiger partial charge in [0.15, 0.2) is 17.0 Å². The molecule has 136 valence electrons. The lowest BCUT2D eigenvalue weighted by molar-refractivity contribution is 0.0694. The first-order chi connectivity index (χ1) is 12.4. The smallest absolute Gasteiger partial charge is 0.339 e. The molecule has 0 saturated heterocycles. The van der Waals surface area contributed by atoms with E-state index in [0.717, 1.165) is 0 Å². The second-order valence-corrected chi connectivity index (χ2v) is 4.89. The Balaban J connectivity index is 0.00000117. The van der Waals surface area contributed by atoms with Crippen LogP contribution in [0.5, 0.6) is 5.75 Å². The number of nitrogens with two attached hydrogens (primary N) is 2. The summed E-state index contributed by atoms with van der Waals surface area (Å²) in [6.45, 7) is 4.28. The molecule has 0 spiro atoms. The van der Waals surface area contributed by atoms with Gasteiger partial charge in [0.25, 0.3) is 0 Å². The third-order valence-corrected chi connectivity index (χ3v) is 3.20. The summed E-state index contributed by atoms with van der Waals surface area (Å²) < 4.78 is 0. The molecule has 0 aliphatic rings. The Labute approximate surface area is 148 Å². The van der Waals surface area contributed by atoms with Gasteiger partial charge in [-0.25, -0.2) is 14.8 Å². The predicted molar refractivity (Wildman–Crippen MR) is 97.7 cm³/mol. The lowest BCUT2D eigenvalue weighted by atomic mass is 10.2. The average molecular weight is 357 g/mol. The quantitative estimate of drug-likeness (QED) is 0.461. The molecule has 3 aromatic rings. The first-order valence-corrected chi connectivity index (χ1v) is 7.79. The Kier molecular flexibility index (Phi) is 5.68. The highest BCUT2D eigenvalue weighted by Gasteiger charge is 2.10. The zero-order chi connectivity index (χ0) is 19.3. The molecule has 10 heteroatoms. The van der Waals surface area contributed by atoms with Gasteiger partial charge in [0, 0.05) is 11.8 Å². The van der Waals surface area contributed by atoms with Gasteiger partial charge in [-0.1, -0.05) is 13.8 Å². The van der Waals surface area contributed by atoms with Crippen LogP contribution in [0.2, 0.25) is 0 Å². The van der Waals surface area contributed by atoms with Crippen molar-refractivity contribution in [2.75, 3.05) is 16.8 Å². The largest absolute Gasteiger partial charge is 0.507 e. The Morgan fingerprint density at radius 1 is 1.19 bits per heavy atom. The average Bonchev–Trinajstić information content (AvgIpc) is 2.61. The number of carboxylic acid groups (broad SMARTS) is 1. The zero-order valence-corrected chi connectivity index (χ0v) is 14.3. The van der Waals surface area contributed by atoms with E-state index in [1.54, 1.807) is 0 Å². The molecule has 2 aromatic heterocycles. The number of benzene rings is 1. The normalized spacial score (nSPS) is 10.1. The van der Waals surface area contributed by atoms with Gasteiger partial charge >= 0.3 is 5.97 Å². The number of nitrogens with one attached hydrogen (secondary N) is 1. The second-order valence-electron chi connectivity index (χ2n) is 4.89. The van der Waals surface area contributed by atoms with Crippen molar-refractivity contribution in [2.24, 2.45) is 0 Å². The van der Waals surface area contributed by atoms with Gasteiger partial charge in [0.2, 0.25) is 5.95 Å². The fraction of sp³-hybridized carbons (Fsp3) is 0.188. The van der Waals surface area contributed by atoms with Crippen LogP contribution in [0.1, 0.15) is 29.9 Å². The molecule has 0 amide bonds. The lowest BCUT2D eigenvalue weighted by Gasteiger charge is -2.08. The minimum atomic E-state index is -1.20. The summed E-state index contributed by atoms with van der Waals surface area (Å²) >= 11 is 0. The van der Waals surface area contributed by atoms with E-state index in [2.05, 4.69) is 25.3 Å². The Morgan fingerprint density at radius 3 is 2.58 bits per heavy atom. The van der Waals surface area contributed by atoms with Crippen LogP contribution in [-0.4, -0.2) is 36.1 Å². The van der Waals surface area contributed by atoms with Gasteiger partial charge in [-0.15, -0.1) is 0 Å². The van der Waals surface area contributed by atoms with Crippen molar-refractivity contribution >= 4 is 34.6 Å². The number of hydrogen-bond donors (Lipinski definition) is 5. The van der Waals surface area contributed by atoms with Crippen molar-refractivity contribution in [3.63, 3.8) is 0 Å². The molecule has 0 atom stereocenters. The van der Waals surface area contributed by atoms with E-state index in [4.69, 9.17) is 16.6 Å². The molecule has 2 heterocycles. The molecule has 0 radical (unpaired) electrons. The van der Waals surface area contributed by atoms with Crippen molar-refractivity contribution < 1.29 is 15.0 Å². The molecule has 0 unspecified atom stereocenters. The zero-order valence-electron chi connectivity index (χ0n) is 14.3. The van der Waals surface area contributed by atoms with Crippen molar-refractivity contribution in [2.45, 2.75) is 20.4 Å². The van der Waals surface area contributed by atoms with Crippen molar-refractivity contribution in [1.29, 1.82) is 0 Å². The van der Waals surface area contributed by atoms with E-state index in [-0.39, 0.29) is 29.6 Å². The van der Waals surface area contributed by atoms with Crippen LogP contribution >= 0.6 is 0 Å². The van der Waals surface area contributed by atoms with E-state index in [9.17, 15) is 9.90 Å². The summed E-state index contributed by atoms with van der Waals surface area (Å²) in [5.41, 5.74) is 12.8. The molecule has 0 aliphatic heterocycles. The highest BCUT2D eigenvalue weighted by atomic mass is 16.4. The first kappa shape index (κ1) is 18.6. The van der Waals surface area contributed by atoms with Crippen molar-refractivity contribution in [3.05, 3.63) is 35.7 Å². The Morgan fingerprint density at radius 2 is 1.92 bits per heavy atom. The standard InChI is InChI=1S/C14H13N7O3.C2H6/c15-11-10-12(21-14(16)20-11)18-5-7(19-10)4-17-6-1-2-8(13(23)24)9(22)3-6;1-2/h1-3,5,17,22H,4H2,(H,23,24)(H4,15,16,18,20,21);1-2H3. The SMILES string of the molecule is CC.Nc1nc(N)c2nc(CNc3ccc(C(=O)O)c(O)c3)cnc2n1. The summed E-state index contributed by atoms with van der Waals surface area (Å²) in [5, 5.41) is 21.5. The van der Waals surface area contributed by atoms with Crippen molar-refractivity contribution in [1.82, 2.24) is 19.9 Å². The van der Waals surface area contributed by atoms with Crippen LogP contribution in [0.25, 0.3) is 11.2 Å². The third-order valence-electron chi connectivity index (χ3n) is 3.20. The number of carbonyl (C=O) groups is 1. The maximum absolute atomic E-state index is 10.9. The van der Waals surface area contributed by atoms with E-state index in [1.807, 2.05) is 13.8 Å². The topological polar surface area (TPSA) is 173 Å². The number of carboxylic acids is 1. The Hall–Kier alpha value is -3.69. The van der Waals surface area contributed by atoms with Crippen LogP contribution in [-0.2, 0) is 6.54 Å². The van der Waals surface area contributed by atoms with Crippen LogP contribution in [0.3, 0.4) is 0 Å². The number of anilines is 3. The maximum atomic E-state index is 10.9. The number of aromatic carboxylic acids is 1.